The molecule has 0 amide bonds. The van der Waals surface area contributed by atoms with Gasteiger partial charge in [-0.3, -0.25) is 4.79 Å². The van der Waals surface area contributed by atoms with E-state index in [9.17, 15) is 4.79 Å². The molecule has 1 N–H and O–H groups in total. The minimum Gasteiger partial charge on any atom is -0.311 e. The highest BCUT2D eigenvalue weighted by molar-refractivity contribution is 5.81. The summed E-state index contributed by atoms with van der Waals surface area (Å²) >= 11 is 0. The van der Waals surface area contributed by atoms with Crippen LogP contribution in [0.4, 0.5) is 0 Å². The molecule has 114 valence electrons. The van der Waals surface area contributed by atoms with Gasteiger partial charge in [-0.1, -0.05) is 31.8 Å². The second-order valence-electron chi connectivity index (χ2n) is 6.72. The van der Waals surface area contributed by atoms with Gasteiger partial charge in [0, 0.05) is 24.4 Å². The van der Waals surface area contributed by atoms with Crippen LogP contribution >= 0.6 is 0 Å². The zero-order valence-corrected chi connectivity index (χ0v) is 12.9. The van der Waals surface area contributed by atoms with Gasteiger partial charge >= 0.3 is 0 Å². The number of rotatable bonds is 10. The molecule has 2 unspecified atom stereocenters. The normalized spacial score (nSPS) is 28.5. The van der Waals surface area contributed by atoms with Gasteiger partial charge in [0.25, 0.3) is 0 Å². The second kappa shape index (κ2) is 8.61. The standard InChI is InChI=1S/C18H31NO/c1-2-3-4-5-6-7-8-9-10-18(20)15-13-16-11-12-17(14-15)19-16/h2,15-17,19H,1,3-14H2. The number of piperidine rings is 1. The molecule has 2 heteroatoms. The highest BCUT2D eigenvalue weighted by Crippen LogP contribution is 2.32. The number of allylic oxidation sites excluding steroid dienone is 1. The summed E-state index contributed by atoms with van der Waals surface area (Å²) in [7, 11) is 0. The Balaban J connectivity index is 1.49. The lowest BCUT2D eigenvalue weighted by Gasteiger charge is -2.28. The van der Waals surface area contributed by atoms with Crippen molar-refractivity contribution in [3.63, 3.8) is 0 Å². The van der Waals surface area contributed by atoms with Crippen LogP contribution in [0, 0.1) is 5.92 Å². The fourth-order valence-electron chi connectivity index (χ4n) is 3.82. The first-order valence-electron chi connectivity index (χ1n) is 8.69. The third-order valence-electron chi connectivity index (χ3n) is 5.01. The molecule has 2 aliphatic rings. The van der Waals surface area contributed by atoms with Gasteiger partial charge in [0.15, 0.2) is 0 Å². The molecule has 2 nitrogen and oxygen atoms in total. The van der Waals surface area contributed by atoms with Crippen LogP contribution in [0.5, 0.6) is 0 Å². The van der Waals surface area contributed by atoms with Crippen molar-refractivity contribution in [1.82, 2.24) is 5.32 Å². The number of ketones is 1. The van der Waals surface area contributed by atoms with Crippen LogP contribution in [-0.2, 0) is 4.79 Å². The first-order valence-corrected chi connectivity index (χ1v) is 8.69. The van der Waals surface area contributed by atoms with Gasteiger partial charge in [-0.2, -0.15) is 0 Å². The molecule has 0 aromatic heterocycles. The number of carbonyl (C=O) groups excluding carboxylic acids is 1. The number of nitrogens with one attached hydrogen (secondary N) is 1. The molecular formula is C18H31NO. The first kappa shape index (κ1) is 15.8. The van der Waals surface area contributed by atoms with E-state index in [4.69, 9.17) is 0 Å². The van der Waals surface area contributed by atoms with Crippen LogP contribution in [0.1, 0.15) is 77.0 Å². The van der Waals surface area contributed by atoms with Gasteiger partial charge in [-0.05, 0) is 44.9 Å². The van der Waals surface area contributed by atoms with Gasteiger partial charge in [-0.15, -0.1) is 6.58 Å². The number of unbranched alkanes of at least 4 members (excludes halogenated alkanes) is 6. The van der Waals surface area contributed by atoms with Gasteiger partial charge in [0.05, 0.1) is 0 Å². The summed E-state index contributed by atoms with van der Waals surface area (Å²) in [5, 5.41) is 3.62. The second-order valence-corrected chi connectivity index (χ2v) is 6.72. The van der Waals surface area contributed by atoms with Gasteiger partial charge in [0.2, 0.25) is 0 Å². The Morgan fingerprint density at radius 1 is 1.00 bits per heavy atom. The minimum absolute atomic E-state index is 0.376. The zero-order chi connectivity index (χ0) is 14.2. The van der Waals surface area contributed by atoms with Crippen LogP contribution in [-0.4, -0.2) is 17.9 Å². The van der Waals surface area contributed by atoms with E-state index in [-0.39, 0.29) is 0 Å². The van der Waals surface area contributed by atoms with Crippen molar-refractivity contribution in [2.24, 2.45) is 5.92 Å². The van der Waals surface area contributed by atoms with Gasteiger partial charge in [0.1, 0.15) is 5.78 Å². The average molecular weight is 277 g/mol. The Morgan fingerprint density at radius 3 is 2.25 bits per heavy atom. The molecule has 2 aliphatic heterocycles. The number of hydrogen-bond acceptors (Lipinski definition) is 2. The predicted octanol–water partition coefficient (Wildman–Crippen LogP) is 4.39. The number of Topliss-reactive ketones (excluding diaryl/α,β-unsaturated/α-hetero) is 1. The summed E-state index contributed by atoms with van der Waals surface area (Å²) in [4.78, 5) is 12.3. The molecule has 2 fully saturated rings. The third-order valence-corrected chi connectivity index (χ3v) is 5.01. The monoisotopic (exact) mass is 277 g/mol. The van der Waals surface area contributed by atoms with Crippen molar-refractivity contribution in [1.29, 1.82) is 0 Å². The molecule has 2 rings (SSSR count). The Bertz CT molecular complexity index is 301. The maximum Gasteiger partial charge on any atom is 0.136 e. The van der Waals surface area contributed by atoms with E-state index < -0.39 is 0 Å². The molecule has 20 heavy (non-hydrogen) atoms. The third kappa shape index (κ3) is 5.05. The lowest BCUT2D eigenvalue weighted by molar-refractivity contribution is -0.124. The zero-order valence-electron chi connectivity index (χ0n) is 12.9. The number of carbonyl (C=O) groups is 1. The van der Waals surface area contributed by atoms with Crippen LogP contribution < -0.4 is 5.32 Å². The summed E-state index contributed by atoms with van der Waals surface area (Å²) in [6.07, 6.45) is 16.3. The van der Waals surface area contributed by atoms with Crippen molar-refractivity contribution in [2.75, 3.05) is 0 Å². The van der Waals surface area contributed by atoms with E-state index >= 15 is 0 Å². The van der Waals surface area contributed by atoms with E-state index in [2.05, 4.69) is 11.9 Å². The van der Waals surface area contributed by atoms with Gasteiger partial charge < -0.3 is 5.32 Å². The number of hydrogen-bond donors (Lipinski definition) is 1. The van der Waals surface area contributed by atoms with Crippen molar-refractivity contribution in [3.05, 3.63) is 12.7 Å². The van der Waals surface area contributed by atoms with Crippen molar-refractivity contribution >= 4 is 5.78 Å². The van der Waals surface area contributed by atoms with E-state index in [0.717, 1.165) is 32.1 Å². The fourth-order valence-corrected chi connectivity index (χ4v) is 3.82. The van der Waals surface area contributed by atoms with E-state index in [1.165, 1.54) is 44.9 Å². The molecule has 0 radical (unpaired) electrons. The Hall–Kier alpha value is -0.630. The van der Waals surface area contributed by atoms with Crippen molar-refractivity contribution in [2.45, 2.75) is 89.1 Å². The molecule has 2 saturated heterocycles. The molecule has 0 aliphatic carbocycles. The molecule has 2 atom stereocenters. The van der Waals surface area contributed by atoms with Crippen LogP contribution in [0.2, 0.25) is 0 Å². The lowest BCUT2D eigenvalue weighted by atomic mass is 9.87. The fraction of sp³-hybridized carbons (Fsp3) is 0.833. The van der Waals surface area contributed by atoms with Crippen molar-refractivity contribution in [3.8, 4) is 0 Å². The molecular weight excluding hydrogens is 246 g/mol. The van der Waals surface area contributed by atoms with E-state index in [0.29, 0.717) is 23.8 Å². The molecule has 0 aromatic rings. The quantitative estimate of drug-likeness (QED) is 0.474. The Morgan fingerprint density at radius 2 is 1.60 bits per heavy atom. The maximum absolute atomic E-state index is 12.3. The molecule has 0 spiro atoms. The SMILES string of the molecule is C=CCCCCCCCCC(=O)C1CC2CCC(C1)N2. The number of fused-ring (bicyclic) bond motifs is 2. The molecule has 0 saturated carbocycles. The summed E-state index contributed by atoms with van der Waals surface area (Å²) in [6.45, 7) is 3.74. The van der Waals surface area contributed by atoms with E-state index in [1.807, 2.05) is 6.08 Å². The largest absolute Gasteiger partial charge is 0.311 e. The minimum atomic E-state index is 0.376. The van der Waals surface area contributed by atoms with Crippen LogP contribution in [0.25, 0.3) is 0 Å². The smallest absolute Gasteiger partial charge is 0.136 e. The molecule has 2 bridgehead atoms. The lowest BCUT2D eigenvalue weighted by Crippen LogP contribution is -2.40. The highest BCUT2D eigenvalue weighted by atomic mass is 16.1. The van der Waals surface area contributed by atoms with Crippen LogP contribution in [0.3, 0.4) is 0 Å². The van der Waals surface area contributed by atoms with Crippen LogP contribution in [0.15, 0.2) is 12.7 Å². The highest BCUT2D eigenvalue weighted by Gasteiger charge is 2.35. The average Bonchev–Trinajstić information content (AvgIpc) is 2.80. The van der Waals surface area contributed by atoms with E-state index in [1.54, 1.807) is 0 Å². The predicted molar refractivity (Wildman–Crippen MR) is 84.8 cm³/mol. The van der Waals surface area contributed by atoms with Gasteiger partial charge in [-0.25, -0.2) is 0 Å². The summed E-state index contributed by atoms with van der Waals surface area (Å²) in [5.74, 6) is 0.927. The Labute approximate surface area is 124 Å². The first-order chi connectivity index (χ1) is 9.79. The van der Waals surface area contributed by atoms with Crippen molar-refractivity contribution < 1.29 is 4.79 Å². The topological polar surface area (TPSA) is 29.1 Å². The maximum atomic E-state index is 12.3. The summed E-state index contributed by atoms with van der Waals surface area (Å²) in [6, 6.07) is 1.29. The molecule has 0 aromatic carbocycles. The Kier molecular flexibility index (Phi) is 6.78. The summed E-state index contributed by atoms with van der Waals surface area (Å²) < 4.78 is 0. The molecule has 2 heterocycles. The summed E-state index contributed by atoms with van der Waals surface area (Å²) in [5.41, 5.74) is 0.